The predicted molar refractivity (Wildman–Crippen MR) is 44.4 cm³/mol. The van der Waals surface area contributed by atoms with Gasteiger partial charge in [-0.25, -0.2) is 0 Å². The third-order valence-electron chi connectivity index (χ3n) is 0.486. The van der Waals surface area contributed by atoms with Crippen LogP contribution in [0.5, 0.6) is 0 Å². The van der Waals surface area contributed by atoms with Crippen molar-refractivity contribution >= 4 is 34.6 Å². The minimum atomic E-state index is -2.17. The van der Waals surface area contributed by atoms with Gasteiger partial charge >= 0.3 is 7.32 Å². The van der Waals surface area contributed by atoms with E-state index < -0.39 is 7.32 Å². The standard InChI is InChI=1S/C4H3BrS.BH3O3/c5-4-1-2-6-3-4;2-1(3)4/h1-3H;2-4H. The summed E-state index contributed by atoms with van der Waals surface area (Å²) in [4.78, 5) is 0. The molecule has 0 spiro atoms. The largest absolute Gasteiger partial charge is 0.631 e. The Balaban J connectivity index is 0.000000180. The van der Waals surface area contributed by atoms with E-state index in [9.17, 15) is 0 Å². The van der Waals surface area contributed by atoms with E-state index in [2.05, 4.69) is 15.9 Å². The molecule has 0 saturated carbocycles. The summed E-state index contributed by atoms with van der Waals surface area (Å²) >= 11 is 4.98. The van der Waals surface area contributed by atoms with Crippen molar-refractivity contribution in [2.45, 2.75) is 0 Å². The van der Waals surface area contributed by atoms with Crippen LogP contribution in [0.15, 0.2) is 21.3 Å². The first-order valence-corrected chi connectivity index (χ1v) is 4.08. The summed E-state index contributed by atoms with van der Waals surface area (Å²) in [5.41, 5.74) is 0. The van der Waals surface area contributed by atoms with Gasteiger partial charge in [0.1, 0.15) is 0 Å². The summed E-state index contributed by atoms with van der Waals surface area (Å²) in [5, 5.41) is 25.6. The summed E-state index contributed by atoms with van der Waals surface area (Å²) in [6, 6.07) is 2.02. The molecule has 3 N–H and O–H groups in total. The highest BCUT2D eigenvalue weighted by Gasteiger charge is 1.92. The zero-order valence-electron chi connectivity index (χ0n) is 4.94. The van der Waals surface area contributed by atoms with Crippen molar-refractivity contribution in [1.29, 1.82) is 0 Å². The molecule has 0 unspecified atom stereocenters. The zero-order valence-corrected chi connectivity index (χ0v) is 7.34. The maximum absolute atomic E-state index is 7.17. The maximum atomic E-state index is 7.17. The Morgan fingerprint density at radius 1 is 1.40 bits per heavy atom. The van der Waals surface area contributed by atoms with Gasteiger partial charge in [-0.2, -0.15) is 11.3 Å². The summed E-state index contributed by atoms with van der Waals surface area (Å²) in [6.07, 6.45) is 0. The highest BCUT2D eigenvalue weighted by molar-refractivity contribution is 9.10. The lowest BCUT2D eigenvalue weighted by Crippen LogP contribution is -2.07. The fourth-order valence-corrected chi connectivity index (χ4v) is 1.39. The fourth-order valence-electron chi connectivity index (χ4n) is 0.248. The molecule has 6 heteroatoms. The Morgan fingerprint density at radius 3 is 2.00 bits per heavy atom. The van der Waals surface area contributed by atoms with E-state index in [4.69, 9.17) is 15.1 Å². The van der Waals surface area contributed by atoms with Gasteiger partial charge in [-0.3, -0.25) is 0 Å². The third kappa shape index (κ3) is 8.12. The topological polar surface area (TPSA) is 60.7 Å². The molecule has 1 rings (SSSR count). The molecule has 1 aromatic rings. The molecule has 1 heterocycles. The summed E-state index contributed by atoms with van der Waals surface area (Å²) in [7, 11) is -2.17. The van der Waals surface area contributed by atoms with E-state index in [-0.39, 0.29) is 0 Å². The number of rotatable bonds is 0. The number of halogens is 1. The van der Waals surface area contributed by atoms with Crippen LogP contribution in [0, 0.1) is 0 Å². The molecule has 0 atom stereocenters. The van der Waals surface area contributed by atoms with Crippen LogP contribution in [0.3, 0.4) is 0 Å². The number of thiophene rings is 1. The van der Waals surface area contributed by atoms with E-state index in [1.165, 1.54) is 4.47 Å². The van der Waals surface area contributed by atoms with Crippen LogP contribution >= 0.6 is 27.3 Å². The lowest BCUT2D eigenvalue weighted by molar-refractivity contribution is 0.278. The molecule has 0 saturated heterocycles. The molecule has 0 fully saturated rings. The van der Waals surface area contributed by atoms with Crippen molar-refractivity contribution in [3.8, 4) is 0 Å². The molecule has 0 aliphatic heterocycles. The molecule has 0 aromatic carbocycles. The Morgan fingerprint density at radius 2 is 1.90 bits per heavy atom. The molecule has 56 valence electrons. The van der Waals surface area contributed by atoms with Crippen molar-refractivity contribution in [3.05, 3.63) is 21.3 Å². The highest BCUT2D eigenvalue weighted by Crippen LogP contribution is 2.11. The first kappa shape index (κ1) is 10.1. The predicted octanol–water partition coefficient (Wildman–Crippen LogP) is 0.459. The highest BCUT2D eigenvalue weighted by atomic mass is 79.9. The first-order valence-electron chi connectivity index (χ1n) is 2.35. The molecule has 1 aromatic heterocycles. The van der Waals surface area contributed by atoms with Crippen LogP contribution in [0.1, 0.15) is 0 Å². The summed E-state index contributed by atoms with van der Waals surface area (Å²) in [6.45, 7) is 0. The second-order valence-electron chi connectivity index (χ2n) is 1.29. The molecule has 10 heavy (non-hydrogen) atoms. The van der Waals surface area contributed by atoms with Crippen molar-refractivity contribution < 1.29 is 15.1 Å². The van der Waals surface area contributed by atoms with Gasteiger partial charge in [-0.15, -0.1) is 0 Å². The summed E-state index contributed by atoms with van der Waals surface area (Å²) < 4.78 is 1.17. The van der Waals surface area contributed by atoms with Crippen LogP contribution in [0.25, 0.3) is 0 Å². The summed E-state index contributed by atoms with van der Waals surface area (Å²) in [5.74, 6) is 0. The van der Waals surface area contributed by atoms with Crippen molar-refractivity contribution in [3.63, 3.8) is 0 Å². The maximum Gasteiger partial charge on any atom is 0.631 e. The van der Waals surface area contributed by atoms with Crippen LogP contribution in [-0.4, -0.2) is 22.4 Å². The zero-order chi connectivity index (χ0) is 7.98. The van der Waals surface area contributed by atoms with Crippen LogP contribution in [0.2, 0.25) is 0 Å². The smallest absolute Gasteiger partial charge is 0.402 e. The van der Waals surface area contributed by atoms with Crippen molar-refractivity contribution in [2.24, 2.45) is 0 Å². The second-order valence-corrected chi connectivity index (χ2v) is 2.98. The van der Waals surface area contributed by atoms with E-state index in [0.717, 1.165) is 0 Å². The molecule has 0 bridgehead atoms. The number of hydrogen-bond acceptors (Lipinski definition) is 4. The van der Waals surface area contributed by atoms with Crippen molar-refractivity contribution in [2.75, 3.05) is 0 Å². The van der Waals surface area contributed by atoms with E-state index in [1.54, 1.807) is 11.3 Å². The molecular formula is C4H6BBrO3S. The lowest BCUT2D eigenvalue weighted by atomic mass is 10.3. The van der Waals surface area contributed by atoms with Gasteiger partial charge in [0.05, 0.1) is 0 Å². The fraction of sp³-hybridized carbons (Fsp3) is 0. The first-order chi connectivity index (χ1) is 4.63. The monoisotopic (exact) mass is 224 g/mol. The Labute approximate surface area is 71.3 Å². The van der Waals surface area contributed by atoms with Crippen molar-refractivity contribution in [1.82, 2.24) is 0 Å². The van der Waals surface area contributed by atoms with Gasteiger partial charge in [0.25, 0.3) is 0 Å². The molecule has 0 amide bonds. The molecule has 3 nitrogen and oxygen atoms in total. The van der Waals surface area contributed by atoms with E-state index in [1.807, 2.05) is 16.8 Å². The van der Waals surface area contributed by atoms with Gasteiger partial charge in [0, 0.05) is 9.85 Å². The van der Waals surface area contributed by atoms with Gasteiger partial charge < -0.3 is 15.1 Å². The van der Waals surface area contributed by atoms with Gasteiger partial charge in [-0.05, 0) is 27.4 Å². The Bertz CT molecular complexity index is 153. The van der Waals surface area contributed by atoms with E-state index in [0.29, 0.717) is 0 Å². The quantitative estimate of drug-likeness (QED) is 0.562. The SMILES string of the molecule is Brc1ccsc1.OB(O)O. The van der Waals surface area contributed by atoms with Gasteiger partial charge in [0.15, 0.2) is 0 Å². The minimum absolute atomic E-state index is 1.17. The minimum Gasteiger partial charge on any atom is -0.402 e. The third-order valence-corrected chi connectivity index (χ3v) is 1.97. The molecular weight excluding hydrogens is 219 g/mol. The lowest BCUT2D eigenvalue weighted by Gasteiger charge is -1.69. The molecule has 0 aliphatic carbocycles. The van der Waals surface area contributed by atoms with E-state index >= 15 is 0 Å². The van der Waals surface area contributed by atoms with Gasteiger partial charge in [0.2, 0.25) is 0 Å². The average molecular weight is 225 g/mol. The molecule has 0 aliphatic rings. The Kier molecular flexibility index (Phi) is 5.95. The Hall–Kier alpha value is 0.125. The van der Waals surface area contributed by atoms with Crippen LogP contribution in [-0.2, 0) is 0 Å². The van der Waals surface area contributed by atoms with Crippen LogP contribution < -0.4 is 0 Å². The average Bonchev–Trinajstić information content (AvgIpc) is 2.15. The number of hydrogen-bond donors (Lipinski definition) is 3. The second kappa shape index (κ2) is 5.88. The van der Waals surface area contributed by atoms with Crippen LogP contribution in [0.4, 0.5) is 0 Å². The van der Waals surface area contributed by atoms with Gasteiger partial charge in [-0.1, -0.05) is 0 Å². The normalized spacial score (nSPS) is 8.00. The molecule has 0 radical (unpaired) electrons.